The zero-order valence-electron chi connectivity index (χ0n) is 10.4. The van der Waals surface area contributed by atoms with E-state index in [-0.39, 0.29) is 10.6 Å². The van der Waals surface area contributed by atoms with Gasteiger partial charge in [-0.05, 0) is 53.2 Å². The third kappa shape index (κ3) is 3.22. The minimum atomic E-state index is -0.377. The van der Waals surface area contributed by atoms with E-state index in [2.05, 4.69) is 28.2 Å². The molecule has 1 aromatic rings. The second-order valence-corrected chi connectivity index (χ2v) is 5.65. The highest BCUT2D eigenvalue weighted by molar-refractivity contribution is 9.10. The van der Waals surface area contributed by atoms with Crippen LogP contribution in [0.5, 0.6) is 0 Å². The smallest absolute Gasteiger partial charge is 0.283 e. The van der Waals surface area contributed by atoms with Crippen LogP contribution in [0.25, 0.3) is 0 Å². The minimum Gasteiger partial charge on any atom is -0.382 e. The molecule has 1 unspecified atom stereocenters. The summed E-state index contributed by atoms with van der Waals surface area (Å²) in [6, 6.07) is 5.63. The molecule has 1 saturated carbocycles. The highest BCUT2D eigenvalue weighted by Gasteiger charge is 2.30. The zero-order valence-corrected chi connectivity index (χ0v) is 11.9. The van der Waals surface area contributed by atoms with Crippen LogP contribution in [-0.2, 0) is 0 Å². The highest BCUT2D eigenvalue weighted by Crippen LogP contribution is 2.37. The lowest BCUT2D eigenvalue weighted by Crippen LogP contribution is -2.21. The summed E-state index contributed by atoms with van der Waals surface area (Å²) in [6.45, 7) is 2.18. The van der Waals surface area contributed by atoms with Gasteiger partial charge in [0, 0.05) is 17.8 Å². The molecule has 0 aliphatic heterocycles. The monoisotopic (exact) mass is 312 g/mol. The Balaban J connectivity index is 2.08. The largest absolute Gasteiger partial charge is 0.382 e. The van der Waals surface area contributed by atoms with Crippen LogP contribution in [0.1, 0.15) is 32.6 Å². The molecule has 1 aliphatic carbocycles. The third-order valence-corrected chi connectivity index (χ3v) is 3.92. The van der Waals surface area contributed by atoms with Crippen LogP contribution in [0.15, 0.2) is 22.7 Å². The molecule has 1 atom stereocenters. The number of halogens is 1. The molecule has 0 aromatic heterocycles. The second-order valence-electron chi connectivity index (χ2n) is 4.80. The van der Waals surface area contributed by atoms with Crippen molar-refractivity contribution in [2.75, 3.05) is 5.32 Å². The maximum absolute atomic E-state index is 10.7. The van der Waals surface area contributed by atoms with Crippen molar-refractivity contribution in [3.05, 3.63) is 32.8 Å². The van der Waals surface area contributed by atoms with Gasteiger partial charge < -0.3 is 5.32 Å². The molecule has 0 heterocycles. The number of nitro benzene ring substituents is 1. The van der Waals surface area contributed by atoms with Gasteiger partial charge in [0.05, 0.1) is 9.40 Å². The Labute approximate surface area is 115 Å². The number of rotatable bonds is 6. The lowest BCUT2D eigenvalue weighted by molar-refractivity contribution is -0.385. The number of nitro groups is 1. The fraction of sp³-hybridized carbons (Fsp3) is 0.538. The average molecular weight is 313 g/mol. The summed E-state index contributed by atoms with van der Waals surface area (Å²) in [4.78, 5) is 10.4. The summed E-state index contributed by atoms with van der Waals surface area (Å²) < 4.78 is 0.531. The minimum absolute atomic E-state index is 0.110. The molecule has 0 radical (unpaired) electrons. The Morgan fingerprint density at radius 1 is 1.56 bits per heavy atom. The van der Waals surface area contributed by atoms with Crippen molar-refractivity contribution in [2.24, 2.45) is 5.92 Å². The molecule has 0 amide bonds. The van der Waals surface area contributed by atoms with Crippen molar-refractivity contribution in [3.63, 3.8) is 0 Å². The molecule has 1 N–H and O–H groups in total. The molecule has 18 heavy (non-hydrogen) atoms. The van der Waals surface area contributed by atoms with Gasteiger partial charge >= 0.3 is 0 Å². The van der Waals surface area contributed by atoms with Crippen LogP contribution in [0.2, 0.25) is 0 Å². The summed E-state index contributed by atoms with van der Waals surface area (Å²) in [5, 5.41) is 14.2. The number of benzene rings is 1. The Kier molecular flexibility index (Phi) is 4.22. The predicted molar refractivity (Wildman–Crippen MR) is 75.8 cm³/mol. The Bertz CT molecular complexity index is 447. The number of anilines is 1. The Morgan fingerprint density at radius 2 is 2.28 bits per heavy atom. The van der Waals surface area contributed by atoms with E-state index in [9.17, 15) is 10.1 Å². The van der Waals surface area contributed by atoms with E-state index in [4.69, 9.17) is 0 Å². The molecule has 5 heteroatoms. The highest BCUT2D eigenvalue weighted by atomic mass is 79.9. The molecule has 1 aromatic carbocycles. The van der Waals surface area contributed by atoms with Crippen molar-refractivity contribution in [3.8, 4) is 0 Å². The van der Waals surface area contributed by atoms with Crippen LogP contribution in [-0.4, -0.2) is 11.0 Å². The third-order valence-electron chi connectivity index (χ3n) is 3.29. The van der Waals surface area contributed by atoms with Crippen LogP contribution in [0, 0.1) is 16.0 Å². The van der Waals surface area contributed by atoms with Gasteiger partial charge in [0.1, 0.15) is 0 Å². The zero-order chi connectivity index (χ0) is 13.1. The quantitative estimate of drug-likeness (QED) is 0.627. The van der Waals surface area contributed by atoms with E-state index in [1.807, 2.05) is 0 Å². The van der Waals surface area contributed by atoms with Crippen LogP contribution < -0.4 is 5.32 Å². The number of hydrogen-bond donors (Lipinski definition) is 1. The van der Waals surface area contributed by atoms with Gasteiger partial charge in [0.25, 0.3) is 5.69 Å². The summed E-state index contributed by atoms with van der Waals surface area (Å²) in [5.74, 6) is 0.777. The number of hydrogen-bond acceptors (Lipinski definition) is 3. The second kappa shape index (κ2) is 5.69. The van der Waals surface area contributed by atoms with Crippen LogP contribution >= 0.6 is 15.9 Å². The normalized spacial score (nSPS) is 16.3. The van der Waals surface area contributed by atoms with Crippen LogP contribution in [0.3, 0.4) is 0 Å². The van der Waals surface area contributed by atoms with E-state index < -0.39 is 0 Å². The van der Waals surface area contributed by atoms with Gasteiger partial charge in [0.2, 0.25) is 0 Å². The van der Waals surface area contributed by atoms with Gasteiger partial charge in [-0.25, -0.2) is 0 Å². The van der Waals surface area contributed by atoms with E-state index in [0.29, 0.717) is 10.5 Å². The van der Waals surface area contributed by atoms with Gasteiger partial charge in [-0.2, -0.15) is 0 Å². The maximum Gasteiger partial charge on any atom is 0.283 e. The fourth-order valence-corrected chi connectivity index (χ4v) is 2.72. The molecule has 1 aliphatic rings. The van der Waals surface area contributed by atoms with E-state index >= 15 is 0 Å². The standard InChI is InChI=1S/C13H17BrN2O2/c1-2-3-12(9-4-5-9)15-10-6-7-13(16(17)18)11(14)8-10/h6-9,12,15H,2-5H2,1H3. The first-order valence-electron chi connectivity index (χ1n) is 6.32. The molecular formula is C13H17BrN2O2. The van der Waals surface area contributed by atoms with Crippen LogP contribution in [0.4, 0.5) is 11.4 Å². The van der Waals surface area contributed by atoms with Gasteiger partial charge in [-0.15, -0.1) is 0 Å². The van der Waals surface area contributed by atoms with Crippen molar-refractivity contribution in [1.29, 1.82) is 0 Å². The summed E-state index contributed by atoms with van der Waals surface area (Å²) in [5.41, 5.74) is 1.07. The van der Waals surface area contributed by atoms with Crippen molar-refractivity contribution >= 4 is 27.3 Å². The van der Waals surface area contributed by atoms with Gasteiger partial charge in [0.15, 0.2) is 0 Å². The first kappa shape index (κ1) is 13.3. The Hall–Kier alpha value is -1.10. The van der Waals surface area contributed by atoms with E-state index in [1.165, 1.54) is 12.8 Å². The maximum atomic E-state index is 10.7. The van der Waals surface area contributed by atoms with Crippen molar-refractivity contribution < 1.29 is 4.92 Å². The topological polar surface area (TPSA) is 55.2 Å². The number of nitrogens with zero attached hydrogens (tertiary/aromatic N) is 1. The summed E-state index contributed by atoms with van der Waals surface area (Å²) >= 11 is 3.25. The molecular weight excluding hydrogens is 296 g/mol. The predicted octanol–water partition coefficient (Wildman–Crippen LogP) is 4.35. The SMILES string of the molecule is CCCC(Nc1ccc([N+](=O)[O-])c(Br)c1)C1CC1. The average Bonchev–Trinajstić information content (AvgIpc) is 3.11. The lowest BCUT2D eigenvalue weighted by atomic mass is 10.1. The molecule has 1 fully saturated rings. The molecule has 0 spiro atoms. The summed E-state index contributed by atoms with van der Waals surface area (Å²) in [6.07, 6.45) is 4.90. The lowest BCUT2D eigenvalue weighted by Gasteiger charge is -2.19. The number of nitrogens with one attached hydrogen (secondary N) is 1. The molecule has 0 bridgehead atoms. The van der Waals surface area contributed by atoms with Gasteiger partial charge in [-0.1, -0.05) is 13.3 Å². The summed E-state index contributed by atoms with van der Waals surface area (Å²) in [7, 11) is 0. The van der Waals surface area contributed by atoms with E-state index in [1.54, 1.807) is 18.2 Å². The van der Waals surface area contributed by atoms with Gasteiger partial charge in [-0.3, -0.25) is 10.1 Å². The Morgan fingerprint density at radius 3 is 2.78 bits per heavy atom. The molecule has 2 rings (SSSR count). The van der Waals surface area contributed by atoms with Crippen molar-refractivity contribution in [2.45, 2.75) is 38.6 Å². The van der Waals surface area contributed by atoms with Crippen molar-refractivity contribution in [1.82, 2.24) is 0 Å². The first-order chi connectivity index (χ1) is 8.61. The molecule has 0 saturated heterocycles. The molecule has 98 valence electrons. The van der Waals surface area contributed by atoms with E-state index in [0.717, 1.165) is 24.4 Å². The molecule has 4 nitrogen and oxygen atoms in total. The first-order valence-corrected chi connectivity index (χ1v) is 7.11. The fourth-order valence-electron chi connectivity index (χ4n) is 2.19.